The second-order valence-corrected chi connectivity index (χ2v) is 9.86. The highest BCUT2D eigenvalue weighted by Crippen LogP contribution is 2.37. The largest absolute Gasteiger partial charge is 0.383 e. The maximum absolute atomic E-state index is 13.8. The quantitative estimate of drug-likeness (QED) is 0.256. The molecule has 1 aliphatic carbocycles. The fraction of sp³-hybridized carbons (Fsp3) is 0.250. The molecule has 2 N–H and O–H groups in total. The summed E-state index contributed by atoms with van der Waals surface area (Å²) in [7, 11) is 1.88. The van der Waals surface area contributed by atoms with Crippen molar-refractivity contribution in [3.05, 3.63) is 94.4 Å². The van der Waals surface area contributed by atoms with Crippen LogP contribution in [-0.2, 0) is 13.5 Å². The normalized spacial score (nSPS) is 15.0. The van der Waals surface area contributed by atoms with Crippen LogP contribution >= 0.6 is 11.6 Å². The fourth-order valence-corrected chi connectivity index (χ4v) is 4.79. The van der Waals surface area contributed by atoms with Crippen molar-refractivity contribution in [1.82, 2.24) is 29.8 Å². The minimum atomic E-state index is -1.61. The Morgan fingerprint density at radius 3 is 2.79 bits per heavy atom. The zero-order valence-electron chi connectivity index (χ0n) is 22.1. The Labute approximate surface area is 230 Å². The smallest absolute Gasteiger partial charge is 0.123 e. The van der Waals surface area contributed by atoms with E-state index in [1.807, 2.05) is 13.1 Å². The third-order valence-electron chi connectivity index (χ3n) is 6.74. The number of aromatic nitrogens is 6. The molecule has 1 aliphatic rings. The number of benzene rings is 2. The lowest BCUT2D eigenvalue weighted by molar-refractivity contribution is 0.610. The zero-order valence-corrected chi connectivity index (χ0v) is 21.8. The van der Waals surface area contributed by atoms with E-state index in [1.165, 1.54) is 18.3 Å². The van der Waals surface area contributed by atoms with Crippen molar-refractivity contribution < 1.29 is 5.76 Å². The first kappa shape index (κ1) is 23.6. The van der Waals surface area contributed by atoms with Crippen LogP contribution in [0.1, 0.15) is 48.8 Å². The number of aryl methyl sites for hydroxylation is 1. The number of halogens is 2. The summed E-state index contributed by atoms with van der Waals surface area (Å²) in [6, 6.07) is 12.0. The minimum Gasteiger partial charge on any atom is -0.383 e. The van der Waals surface area contributed by atoms with Crippen molar-refractivity contribution in [3.63, 3.8) is 0 Å². The Kier molecular flexibility index (Phi) is 6.26. The summed E-state index contributed by atoms with van der Waals surface area (Å²) in [5.74, 6) is -0.404. The summed E-state index contributed by atoms with van der Waals surface area (Å²) in [4.78, 5) is 4.43. The van der Waals surface area contributed by atoms with Crippen molar-refractivity contribution >= 4 is 33.9 Å². The van der Waals surface area contributed by atoms with Gasteiger partial charge in [0.1, 0.15) is 17.6 Å². The second kappa shape index (κ2) is 10.3. The van der Waals surface area contributed by atoms with Crippen LogP contribution in [0.15, 0.2) is 61.1 Å². The lowest BCUT2D eigenvalue weighted by Gasteiger charge is -2.20. The van der Waals surface area contributed by atoms with E-state index in [1.54, 1.807) is 46.0 Å². The molecule has 3 aromatic heterocycles. The highest BCUT2D eigenvalue weighted by atomic mass is 35.5. The summed E-state index contributed by atoms with van der Waals surface area (Å²) in [6.45, 7) is 0.546. The van der Waals surface area contributed by atoms with Crippen LogP contribution in [0.25, 0.3) is 10.9 Å². The SMILES string of the molecule is [2H][C@](Nc1cc(Cl)c2ncc(C#N)c(NCCc3ccnn3C)c2c1)(c1ccc(F)cc1)c1cn(C2CC2)nn1. The van der Waals surface area contributed by atoms with E-state index in [0.29, 0.717) is 57.1 Å². The third-order valence-corrected chi connectivity index (χ3v) is 7.03. The molecule has 11 heteroatoms. The standard InChI is InChI=1S/C28H25ClFN9/c1-38-21(9-11-34-38)8-10-32-26-18(14-31)15-33-28-23(26)12-20(13-24(28)29)35-27(17-2-4-19(30)5-3-17)25-16-39(37-36-25)22-6-7-22/h2-5,9,11-13,15-16,22,27,35H,6-8,10H2,1H3,(H,32,33)/t27-/m0/s1/i27D. The highest BCUT2D eigenvalue weighted by Gasteiger charge is 2.27. The van der Waals surface area contributed by atoms with Crippen molar-refractivity contribution in [2.45, 2.75) is 31.3 Å². The Morgan fingerprint density at radius 2 is 2.08 bits per heavy atom. The molecule has 6 rings (SSSR count). The second-order valence-electron chi connectivity index (χ2n) is 9.46. The molecule has 9 nitrogen and oxygen atoms in total. The van der Waals surface area contributed by atoms with Crippen molar-refractivity contribution in [2.24, 2.45) is 7.05 Å². The van der Waals surface area contributed by atoms with E-state index in [2.05, 4.69) is 37.1 Å². The monoisotopic (exact) mass is 542 g/mol. The lowest BCUT2D eigenvalue weighted by Crippen LogP contribution is -2.13. The number of rotatable bonds is 9. The van der Waals surface area contributed by atoms with Gasteiger partial charge in [0.15, 0.2) is 0 Å². The topological polar surface area (TPSA) is 109 Å². The number of pyridine rings is 1. The molecular weight excluding hydrogens is 517 g/mol. The molecule has 3 heterocycles. The molecule has 0 radical (unpaired) electrons. The fourth-order valence-electron chi connectivity index (χ4n) is 4.52. The molecule has 1 atom stereocenters. The summed E-state index contributed by atoms with van der Waals surface area (Å²) in [6.07, 6.45) is 7.72. The zero-order chi connectivity index (χ0) is 27.9. The van der Waals surface area contributed by atoms with Crippen molar-refractivity contribution in [2.75, 3.05) is 17.2 Å². The summed E-state index contributed by atoms with van der Waals surface area (Å²) < 4.78 is 26.9. The predicted molar refractivity (Wildman–Crippen MR) is 147 cm³/mol. The van der Waals surface area contributed by atoms with Gasteiger partial charge in [0, 0.05) is 49.2 Å². The minimum absolute atomic E-state index is 0.282. The number of hydrogen-bond donors (Lipinski definition) is 2. The molecule has 0 amide bonds. The molecule has 5 aromatic rings. The molecule has 0 spiro atoms. The van der Waals surface area contributed by atoms with Gasteiger partial charge >= 0.3 is 0 Å². The van der Waals surface area contributed by atoms with Crippen LogP contribution < -0.4 is 10.6 Å². The maximum atomic E-state index is 13.8. The van der Waals surface area contributed by atoms with E-state index in [9.17, 15) is 11.0 Å². The molecule has 39 heavy (non-hydrogen) atoms. The Bertz CT molecular complexity index is 1740. The van der Waals surface area contributed by atoms with E-state index in [4.69, 9.17) is 11.6 Å². The van der Waals surface area contributed by atoms with Gasteiger partial charge in [-0.2, -0.15) is 10.4 Å². The van der Waals surface area contributed by atoms with Gasteiger partial charge in [-0.3, -0.25) is 9.67 Å². The Hall–Kier alpha value is -4.49. The van der Waals surface area contributed by atoms with Crippen LogP contribution in [0.4, 0.5) is 15.8 Å². The number of nitrogens with one attached hydrogen (secondary N) is 2. The molecule has 2 aromatic carbocycles. The maximum Gasteiger partial charge on any atom is 0.123 e. The van der Waals surface area contributed by atoms with Crippen molar-refractivity contribution in [3.8, 4) is 6.07 Å². The highest BCUT2D eigenvalue weighted by molar-refractivity contribution is 6.35. The van der Waals surface area contributed by atoms with Crippen molar-refractivity contribution in [1.29, 1.82) is 5.26 Å². The van der Waals surface area contributed by atoms with Gasteiger partial charge < -0.3 is 10.6 Å². The first-order valence-corrected chi connectivity index (χ1v) is 12.9. The van der Waals surface area contributed by atoms with Crippen LogP contribution in [-0.4, -0.2) is 36.3 Å². The number of fused-ring (bicyclic) bond motifs is 1. The Morgan fingerprint density at radius 1 is 1.26 bits per heavy atom. The molecule has 196 valence electrons. The van der Waals surface area contributed by atoms with Gasteiger partial charge in [-0.1, -0.05) is 28.9 Å². The Balaban J connectivity index is 1.40. The predicted octanol–water partition coefficient (Wildman–Crippen LogP) is 5.41. The van der Waals surface area contributed by atoms with E-state index in [0.717, 1.165) is 18.5 Å². The first-order chi connectivity index (χ1) is 19.4. The number of nitrogens with zero attached hydrogens (tertiary/aromatic N) is 7. The van der Waals surface area contributed by atoms with Gasteiger partial charge in [0.05, 0.1) is 41.4 Å². The van der Waals surface area contributed by atoms with E-state index >= 15 is 0 Å². The van der Waals surface area contributed by atoms with Gasteiger partial charge in [-0.25, -0.2) is 9.07 Å². The van der Waals surface area contributed by atoms with Gasteiger partial charge in [0.2, 0.25) is 0 Å². The average molecular weight is 543 g/mol. The molecule has 1 saturated carbocycles. The van der Waals surface area contributed by atoms with E-state index < -0.39 is 11.8 Å². The van der Waals surface area contributed by atoms with Gasteiger partial charge in [-0.05, 0) is 48.7 Å². The lowest BCUT2D eigenvalue weighted by atomic mass is 10.0. The third kappa shape index (κ3) is 5.13. The summed E-state index contributed by atoms with van der Waals surface area (Å²) in [5.41, 5.74) is 3.87. The molecular formula is C28H25ClFN9. The molecule has 0 unspecified atom stereocenters. The van der Waals surface area contributed by atoms with Crippen LogP contribution in [0, 0.1) is 17.1 Å². The molecule has 0 saturated heterocycles. The summed E-state index contributed by atoms with van der Waals surface area (Å²) in [5, 5.41) is 30.2. The van der Waals surface area contributed by atoms with Crippen LogP contribution in [0.3, 0.4) is 0 Å². The number of anilines is 2. The average Bonchev–Trinajstić information content (AvgIpc) is 3.52. The van der Waals surface area contributed by atoms with Gasteiger partial charge in [-0.15, -0.1) is 5.10 Å². The number of nitriles is 1. The number of hydrogen-bond acceptors (Lipinski definition) is 7. The van der Waals surface area contributed by atoms with E-state index in [-0.39, 0.29) is 6.04 Å². The van der Waals surface area contributed by atoms with Crippen LogP contribution in [0.2, 0.25) is 5.02 Å². The first-order valence-electron chi connectivity index (χ1n) is 13.1. The molecule has 0 bridgehead atoms. The van der Waals surface area contributed by atoms with Crippen LogP contribution in [0.5, 0.6) is 0 Å². The van der Waals surface area contributed by atoms with Gasteiger partial charge in [0.25, 0.3) is 0 Å². The molecule has 1 fully saturated rings. The summed E-state index contributed by atoms with van der Waals surface area (Å²) >= 11 is 6.69. The molecule has 0 aliphatic heterocycles.